The highest BCUT2D eigenvalue weighted by molar-refractivity contribution is 5.99. The number of fused-ring (bicyclic) bond motifs is 1. The highest BCUT2D eigenvalue weighted by Crippen LogP contribution is 2.12. The second-order valence-electron chi connectivity index (χ2n) is 3.29. The number of hydrogen-bond acceptors (Lipinski definition) is 3. The molecule has 1 aromatic carbocycles. The molecule has 0 aliphatic heterocycles. The maximum atomic E-state index is 11.7. The van der Waals surface area contributed by atoms with Crippen LogP contribution in [0.4, 0.5) is 0 Å². The van der Waals surface area contributed by atoms with E-state index in [4.69, 9.17) is 0 Å². The van der Waals surface area contributed by atoms with Gasteiger partial charge >= 0.3 is 0 Å². The number of carbonyl (C=O) groups is 1. The van der Waals surface area contributed by atoms with E-state index < -0.39 is 0 Å². The summed E-state index contributed by atoms with van der Waals surface area (Å²) in [5.74, 6) is 5.48. The molecule has 78 valence electrons. The number of benzene rings is 1. The van der Waals surface area contributed by atoms with Gasteiger partial charge in [0.1, 0.15) is 0 Å². The summed E-state index contributed by atoms with van der Waals surface area (Å²) in [5, 5.41) is 0. The molecule has 0 bridgehead atoms. The molecule has 16 heavy (non-hydrogen) atoms. The molecule has 3 heteroatoms. The molecule has 0 spiro atoms. The Labute approximate surface area is 93.5 Å². The summed E-state index contributed by atoms with van der Waals surface area (Å²) in [6, 6.07) is 5.31. The summed E-state index contributed by atoms with van der Waals surface area (Å²) >= 11 is 0. The van der Waals surface area contributed by atoms with Crippen LogP contribution in [0, 0.1) is 11.8 Å². The van der Waals surface area contributed by atoms with Crippen molar-refractivity contribution in [1.29, 1.82) is 0 Å². The van der Waals surface area contributed by atoms with Crippen LogP contribution in [0.1, 0.15) is 23.7 Å². The highest BCUT2D eigenvalue weighted by Gasteiger charge is 2.05. The average molecular weight is 210 g/mol. The van der Waals surface area contributed by atoms with E-state index in [-0.39, 0.29) is 12.2 Å². The molecule has 0 amide bonds. The Hall–Kier alpha value is -2.21. The summed E-state index contributed by atoms with van der Waals surface area (Å²) in [4.78, 5) is 20.0. The van der Waals surface area contributed by atoms with E-state index in [0.717, 1.165) is 11.0 Å². The number of hydrogen-bond donors (Lipinski definition) is 0. The summed E-state index contributed by atoms with van der Waals surface area (Å²) in [6.07, 6.45) is 3.50. The first-order chi connectivity index (χ1) is 7.81. The smallest absolute Gasteiger partial charge is 0.174 e. The molecule has 0 aliphatic carbocycles. The van der Waals surface area contributed by atoms with E-state index in [1.807, 2.05) is 0 Å². The SMILES string of the molecule is CC#CCC(=O)c1ccc2nccnc2c1. The predicted octanol–water partition coefficient (Wildman–Crippen LogP) is 2.23. The van der Waals surface area contributed by atoms with Crippen molar-refractivity contribution in [2.75, 3.05) is 0 Å². The third kappa shape index (κ3) is 2.06. The first-order valence-corrected chi connectivity index (χ1v) is 4.95. The standard InChI is InChI=1S/C13H10N2O/c1-2-3-4-13(16)10-5-6-11-12(9-10)15-8-7-14-11/h5-9H,4H2,1H3. The van der Waals surface area contributed by atoms with Crippen LogP contribution < -0.4 is 0 Å². The number of nitrogens with zero attached hydrogens (tertiary/aromatic N) is 2. The molecule has 1 heterocycles. The van der Waals surface area contributed by atoms with E-state index in [1.54, 1.807) is 37.5 Å². The molecule has 0 N–H and O–H groups in total. The van der Waals surface area contributed by atoms with E-state index in [1.165, 1.54) is 0 Å². The fourth-order valence-electron chi connectivity index (χ4n) is 1.41. The van der Waals surface area contributed by atoms with Gasteiger partial charge in [0.15, 0.2) is 5.78 Å². The van der Waals surface area contributed by atoms with Crippen LogP contribution in [0.2, 0.25) is 0 Å². The molecule has 0 saturated heterocycles. The molecule has 0 aliphatic rings. The minimum Gasteiger partial charge on any atom is -0.293 e. The second-order valence-corrected chi connectivity index (χ2v) is 3.29. The summed E-state index contributed by atoms with van der Waals surface area (Å²) < 4.78 is 0. The molecule has 2 rings (SSSR count). The van der Waals surface area contributed by atoms with Gasteiger partial charge in [-0.25, -0.2) is 0 Å². The van der Waals surface area contributed by atoms with E-state index in [9.17, 15) is 4.79 Å². The lowest BCUT2D eigenvalue weighted by atomic mass is 10.1. The van der Waals surface area contributed by atoms with E-state index in [0.29, 0.717) is 5.56 Å². The Kier molecular flexibility index (Phi) is 2.93. The lowest BCUT2D eigenvalue weighted by Gasteiger charge is -1.99. The Morgan fingerprint density at radius 3 is 2.75 bits per heavy atom. The minimum atomic E-state index is 0.0157. The van der Waals surface area contributed by atoms with E-state index >= 15 is 0 Å². The van der Waals surface area contributed by atoms with Crippen molar-refractivity contribution in [3.8, 4) is 11.8 Å². The van der Waals surface area contributed by atoms with Crippen molar-refractivity contribution in [2.45, 2.75) is 13.3 Å². The number of rotatable bonds is 2. The molecule has 0 radical (unpaired) electrons. The van der Waals surface area contributed by atoms with E-state index in [2.05, 4.69) is 21.8 Å². The maximum absolute atomic E-state index is 11.7. The molecule has 0 atom stereocenters. The lowest BCUT2D eigenvalue weighted by Crippen LogP contribution is -1.97. The van der Waals surface area contributed by atoms with Crippen LogP contribution in [0.25, 0.3) is 11.0 Å². The Morgan fingerprint density at radius 1 is 1.25 bits per heavy atom. The number of aromatic nitrogens is 2. The normalized spacial score (nSPS) is 9.56. The van der Waals surface area contributed by atoms with Gasteiger partial charge < -0.3 is 0 Å². The van der Waals surface area contributed by atoms with Gasteiger partial charge in [0, 0.05) is 18.0 Å². The molecule has 3 nitrogen and oxygen atoms in total. The van der Waals surface area contributed by atoms with Gasteiger partial charge in [-0.15, -0.1) is 5.92 Å². The van der Waals surface area contributed by atoms with Crippen LogP contribution in [0.3, 0.4) is 0 Å². The van der Waals surface area contributed by atoms with Crippen LogP contribution >= 0.6 is 0 Å². The van der Waals surface area contributed by atoms with Crippen molar-refractivity contribution in [3.05, 3.63) is 36.2 Å². The third-order valence-corrected chi connectivity index (χ3v) is 2.22. The zero-order chi connectivity index (χ0) is 11.4. The molecule has 0 unspecified atom stereocenters. The van der Waals surface area contributed by atoms with Crippen molar-refractivity contribution in [3.63, 3.8) is 0 Å². The zero-order valence-corrected chi connectivity index (χ0v) is 8.90. The summed E-state index contributed by atoms with van der Waals surface area (Å²) in [5.41, 5.74) is 2.16. The highest BCUT2D eigenvalue weighted by atomic mass is 16.1. The minimum absolute atomic E-state index is 0.0157. The Morgan fingerprint density at radius 2 is 2.00 bits per heavy atom. The Bertz CT molecular complexity index is 593. The van der Waals surface area contributed by atoms with Crippen LogP contribution in [0.15, 0.2) is 30.6 Å². The first-order valence-electron chi connectivity index (χ1n) is 4.95. The quantitative estimate of drug-likeness (QED) is 0.564. The number of carbonyl (C=O) groups excluding carboxylic acids is 1. The molecular formula is C13H10N2O. The summed E-state index contributed by atoms with van der Waals surface area (Å²) in [7, 11) is 0. The number of ketones is 1. The maximum Gasteiger partial charge on any atom is 0.174 e. The predicted molar refractivity (Wildman–Crippen MR) is 61.9 cm³/mol. The molecule has 2 aromatic rings. The second kappa shape index (κ2) is 4.54. The molecular weight excluding hydrogens is 200 g/mol. The number of Topliss-reactive ketones (excluding diaryl/α,β-unsaturated/α-hetero) is 1. The van der Waals surface area contributed by atoms with Crippen LogP contribution in [0.5, 0.6) is 0 Å². The zero-order valence-electron chi connectivity index (χ0n) is 8.90. The topological polar surface area (TPSA) is 42.9 Å². The lowest BCUT2D eigenvalue weighted by molar-refractivity contribution is 0.0998. The Balaban J connectivity index is 2.38. The largest absolute Gasteiger partial charge is 0.293 e. The molecule has 0 saturated carbocycles. The van der Waals surface area contributed by atoms with Gasteiger partial charge in [-0.2, -0.15) is 0 Å². The van der Waals surface area contributed by atoms with Crippen molar-refractivity contribution >= 4 is 16.8 Å². The fraction of sp³-hybridized carbons (Fsp3) is 0.154. The van der Waals surface area contributed by atoms with Crippen LogP contribution in [-0.4, -0.2) is 15.8 Å². The van der Waals surface area contributed by atoms with Gasteiger partial charge in [-0.05, 0) is 25.1 Å². The first kappa shape index (κ1) is 10.3. The van der Waals surface area contributed by atoms with Gasteiger partial charge in [0.25, 0.3) is 0 Å². The summed E-state index contributed by atoms with van der Waals surface area (Å²) in [6.45, 7) is 1.72. The monoisotopic (exact) mass is 210 g/mol. The average Bonchev–Trinajstić information content (AvgIpc) is 2.35. The van der Waals surface area contributed by atoms with Gasteiger partial charge in [-0.1, -0.05) is 5.92 Å². The molecule has 0 fully saturated rings. The van der Waals surface area contributed by atoms with Crippen molar-refractivity contribution in [2.24, 2.45) is 0 Å². The van der Waals surface area contributed by atoms with Crippen molar-refractivity contribution in [1.82, 2.24) is 9.97 Å². The van der Waals surface area contributed by atoms with Crippen LogP contribution in [-0.2, 0) is 0 Å². The third-order valence-electron chi connectivity index (χ3n) is 2.22. The van der Waals surface area contributed by atoms with Gasteiger partial charge in [-0.3, -0.25) is 14.8 Å². The molecule has 1 aromatic heterocycles. The van der Waals surface area contributed by atoms with Gasteiger partial charge in [0.2, 0.25) is 0 Å². The van der Waals surface area contributed by atoms with Crippen molar-refractivity contribution < 1.29 is 4.79 Å². The van der Waals surface area contributed by atoms with Gasteiger partial charge in [0.05, 0.1) is 17.5 Å². The fourth-order valence-corrected chi connectivity index (χ4v) is 1.41.